The van der Waals surface area contributed by atoms with Gasteiger partial charge in [-0.05, 0) is 25.7 Å². The van der Waals surface area contributed by atoms with Crippen LogP contribution in [0.2, 0.25) is 0 Å². The van der Waals surface area contributed by atoms with E-state index in [9.17, 15) is 9.59 Å². The Morgan fingerprint density at radius 1 is 1.17 bits per heavy atom. The molecule has 1 atom stereocenters. The van der Waals surface area contributed by atoms with Crippen LogP contribution in [-0.2, 0) is 9.59 Å². The lowest BCUT2D eigenvalue weighted by Crippen LogP contribution is -2.46. The number of nitrogens with one attached hydrogen (secondary N) is 2. The molecule has 2 fully saturated rings. The Morgan fingerprint density at radius 3 is 2.71 bits per heavy atom. The van der Waals surface area contributed by atoms with E-state index in [4.69, 9.17) is 0 Å². The molecule has 1 saturated carbocycles. The maximum Gasteiger partial charge on any atom is 0.243 e. The fourth-order valence-electron chi connectivity index (χ4n) is 3.48. The number of rotatable bonds is 4. The largest absolute Gasteiger partial charge is 0.353 e. The molecular formula is C16H25N5O2S. The molecule has 132 valence electrons. The number of carbonyl (C=O) groups is 2. The number of aromatic nitrogens is 2. The van der Waals surface area contributed by atoms with Gasteiger partial charge in [0.15, 0.2) is 0 Å². The minimum atomic E-state index is -0.178. The molecule has 2 heterocycles. The maximum absolute atomic E-state index is 12.6. The summed E-state index contributed by atoms with van der Waals surface area (Å²) in [6, 6.07) is 0.356. The Balaban J connectivity index is 1.56. The molecule has 2 N–H and O–H groups in total. The highest BCUT2D eigenvalue weighted by molar-refractivity contribution is 7.09. The second-order valence-corrected chi connectivity index (χ2v) is 7.44. The second-order valence-electron chi connectivity index (χ2n) is 6.71. The Bertz CT molecular complexity index is 585. The zero-order chi connectivity index (χ0) is 16.9. The van der Waals surface area contributed by atoms with E-state index in [2.05, 4.69) is 24.9 Å². The first kappa shape index (κ1) is 17.1. The van der Waals surface area contributed by atoms with Gasteiger partial charge in [0.05, 0.1) is 5.92 Å². The molecular weight excluding hydrogens is 326 g/mol. The lowest BCUT2D eigenvalue weighted by Gasteiger charge is -2.33. The average Bonchev–Trinajstić information content (AvgIpc) is 3.03. The van der Waals surface area contributed by atoms with Crippen LogP contribution in [0.15, 0.2) is 0 Å². The lowest BCUT2D eigenvalue weighted by atomic mass is 9.93. The van der Waals surface area contributed by atoms with Gasteiger partial charge < -0.3 is 10.2 Å². The van der Waals surface area contributed by atoms with Crippen molar-refractivity contribution >= 4 is 34.4 Å². The first-order chi connectivity index (χ1) is 11.6. The van der Waals surface area contributed by atoms with Crippen LogP contribution in [0.4, 0.5) is 11.1 Å². The van der Waals surface area contributed by atoms with E-state index >= 15 is 0 Å². The first-order valence-electron chi connectivity index (χ1n) is 8.78. The fourth-order valence-corrected chi connectivity index (χ4v) is 4.15. The molecule has 3 rings (SSSR count). The Morgan fingerprint density at radius 2 is 1.96 bits per heavy atom. The summed E-state index contributed by atoms with van der Waals surface area (Å²) < 4.78 is 4.15. The number of hydrogen-bond donors (Lipinski definition) is 2. The molecule has 24 heavy (non-hydrogen) atoms. The molecule has 1 aromatic rings. The molecule has 1 aliphatic carbocycles. The summed E-state index contributed by atoms with van der Waals surface area (Å²) in [7, 11) is 0. The summed E-state index contributed by atoms with van der Waals surface area (Å²) in [4.78, 5) is 30.1. The van der Waals surface area contributed by atoms with Crippen molar-refractivity contribution in [3.05, 3.63) is 0 Å². The van der Waals surface area contributed by atoms with Crippen molar-refractivity contribution in [1.82, 2.24) is 14.7 Å². The summed E-state index contributed by atoms with van der Waals surface area (Å²) >= 11 is 1.27. The Labute approximate surface area is 146 Å². The highest BCUT2D eigenvalue weighted by atomic mass is 32.1. The van der Waals surface area contributed by atoms with Gasteiger partial charge in [-0.25, -0.2) is 0 Å². The molecule has 0 unspecified atom stereocenters. The summed E-state index contributed by atoms with van der Waals surface area (Å²) in [5.41, 5.74) is 0. The zero-order valence-electron chi connectivity index (χ0n) is 14.1. The van der Waals surface area contributed by atoms with Gasteiger partial charge in [0.2, 0.25) is 22.9 Å². The van der Waals surface area contributed by atoms with Gasteiger partial charge in [0, 0.05) is 37.6 Å². The quantitative estimate of drug-likeness (QED) is 0.868. The summed E-state index contributed by atoms with van der Waals surface area (Å²) in [5, 5.41) is 6.60. The molecule has 8 heteroatoms. The summed E-state index contributed by atoms with van der Waals surface area (Å²) in [6.07, 6.45) is 7.84. The minimum Gasteiger partial charge on any atom is -0.353 e. The van der Waals surface area contributed by atoms with E-state index < -0.39 is 0 Å². The SMILES string of the molecule is CC(=O)Nc1nsc(N2CCC[C@H](C(=O)NC3CCCCC3)C2)n1. The predicted octanol–water partition coefficient (Wildman–Crippen LogP) is 2.16. The van der Waals surface area contributed by atoms with E-state index in [0.717, 1.165) is 37.4 Å². The third kappa shape index (κ3) is 4.43. The van der Waals surface area contributed by atoms with Gasteiger partial charge in [-0.15, -0.1) is 0 Å². The van der Waals surface area contributed by atoms with Crippen LogP contribution >= 0.6 is 11.5 Å². The van der Waals surface area contributed by atoms with Crippen LogP contribution in [0.3, 0.4) is 0 Å². The fraction of sp³-hybridized carbons (Fsp3) is 0.750. The van der Waals surface area contributed by atoms with Crippen molar-refractivity contribution in [1.29, 1.82) is 0 Å². The number of nitrogens with zero attached hydrogens (tertiary/aromatic N) is 3. The van der Waals surface area contributed by atoms with E-state index in [1.54, 1.807) is 0 Å². The lowest BCUT2D eigenvalue weighted by molar-refractivity contribution is -0.126. The van der Waals surface area contributed by atoms with Gasteiger partial charge in [0.1, 0.15) is 0 Å². The van der Waals surface area contributed by atoms with Gasteiger partial charge in [-0.1, -0.05) is 19.3 Å². The molecule has 2 amide bonds. The molecule has 2 aliphatic rings. The summed E-state index contributed by atoms with van der Waals surface area (Å²) in [5.74, 6) is 0.353. The van der Waals surface area contributed by atoms with Crippen molar-refractivity contribution < 1.29 is 9.59 Å². The zero-order valence-corrected chi connectivity index (χ0v) is 14.9. The van der Waals surface area contributed by atoms with Gasteiger partial charge in [-0.3, -0.25) is 14.9 Å². The van der Waals surface area contributed by atoms with Crippen molar-refractivity contribution in [2.24, 2.45) is 5.92 Å². The first-order valence-corrected chi connectivity index (χ1v) is 9.56. The predicted molar refractivity (Wildman–Crippen MR) is 94.2 cm³/mol. The number of hydrogen-bond acceptors (Lipinski definition) is 6. The number of piperidine rings is 1. The van der Waals surface area contributed by atoms with Gasteiger partial charge in [0.25, 0.3) is 0 Å². The van der Waals surface area contributed by atoms with Crippen LogP contribution in [-0.4, -0.2) is 40.3 Å². The standard InChI is InChI=1S/C16H25N5O2S/c1-11(22)17-15-19-16(24-20-15)21-9-5-6-12(10-21)14(23)18-13-7-3-2-4-8-13/h12-13H,2-10H2,1H3,(H,18,23)(H,17,20,22)/t12-/m0/s1. The Kier molecular flexibility index (Phi) is 5.65. The number of carbonyl (C=O) groups excluding carboxylic acids is 2. The topological polar surface area (TPSA) is 87.2 Å². The average molecular weight is 351 g/mol. The van der Waals surface area contributed by atoms with E-state index in [0.29, 0.717) is 18.5 Å². The minimum absolute atomic E-state index is 0.00814. The van der Waals surface area contributed by atoms with E-state index in [-0.39, 0.29) is 17.7 Å². The third-order valence-corrected chi connectivity index (χ3v) is 5.49. The van der Waals surface area contributed by atoms with E-state index in [1.165, 1.54) is 37.7 Å². The molecule has 1 aromatic heterocycles. The molecule has 1 aliphatic heterocycles. The van der Waals surface area contributed by atoms with Crippen LogP contribution in [0.1, 0.15) is 51.9 Å². The normalized spacial score (nSPS) is 22.2. The van der Waals surface area contributed by atoms with Crippen molar-refractivity contribution in [3.8, 4) is 0 Å². The van der Waals surface area contributed by atoms with Crippen molar-refractivity contribution in [3.63, 3.8) is 0 Å². The Hall–Kier alpha value is -1.70. The number of anilines is 2. The van der Waals surface area contributed by atoms with Crippen LogP contribution in [0.5, 0.6) is 0 Å². The highest BCUT2D eigenvalue weighted by Gasteiger charge is 2.29. The maximum atomic E-state index is 12.6. The van der Waals surface area contributed by atoms with Crippen molar-refractivity contribution in [2.45, 2.75) is 57.9 Å². The third-order valence-electron chi connectivity index (χ3n) is 4.72. The monoisotopic (exact) mass is 351 g/mol. The molecule has 0 radical (unpaired) electrons. The summed E-state index contributed by atoms with van der Waals surface area (Å²) in [6.45, 7) is 2.99. The molecule has 7 nitrogen and oxygen atoms in total. The van der Waals surface area contributed by atoms with Gasteiger partial charge in [-0.2, -0.15) is 9.36 Å². The van der Waals surface area contributed by atoms with Crippen molar-refractivity contribution in [2.75, 3.05) is 23.3 Å². The molecule has 0 spiro atoms. The van der Waals surface area contributed by atoms with Crippen LogP contribution in [0, 0.1) is 5.92 Å². The molecule has 0 bridgehead atoms. The van der Waals surface area contributed by atoms with Crippen LogP contribution < -0.4 is 15.5 Å². The van der Waals surface area contributed by atoms with E-state index in [1.807, 2.05) is 0 Å². The van der Waals surface area contributed by atoms with Crippen LogP contribution in [0.25, 0.3) is 0 Å². The van der Waals surface area contributed by atoms with Gasteiger partial charge >= 0.3 is 0 Å². The molecule has 0 aromatic carbocycles. The smallest absolute Gasteiger partial charge is 0.243 e. The highest BCUT2D eigenvalue weighted by Crippen LogP contribution is 2.26. The number of amides is 2. The molecule has 1 saturated heterocycles. The second kappa shape index (κ2) is 7.92.